The van der Waals surface area contributed by atoms with Crippen LogP contribution >= 0.6 is 27.5 Å². The van der Waals surface area contributed by atoms with E-state index in [1.54, 1.807) is 42.5 Å². The van der Waals surface area contributed by atoms with Crippen molar-refractivity contribution in [2.24, 2.45) is 0 Å². The molecule has 0 unspecified atom stereocenters. The molecule has 2 aromatic rings. The molecule has 2 N–H and O–H groups in total. The minimum absolute atomic E-state index is 0.200. The highest BCUT2D eigenvalue weighted by Gasteiger charge is 2.15. The predicted molar refractivity (Wildman–Crippen MR) is 90.6 cm³/mol. The van der Waals surface area contributed by atoms with Crippen molar-refractivity contribution in [3.05, 3.63) is 52.0 Å². The standard InChI is InChI=1S/C14H14BrClN2O2S/c1-2-17-11-4-6-12(7-5-11)21(19,20)18-14-8-3-10(16)9-13(14)15/h3-9,17-18H,2H2,1H3. The Balaban J connectivity index is 2.25. The maximum Gasteiger partial charge on any atom is 0.261 e. The highest BCUT2D eigenvalue weighted by atomic mass is 79.9. The molecule has 21 heavy (non-hydrogen) atoms. The van der Waals surface area contributed by atoms with Crippen molar-refractivity contribution in [3.8, 4) is 0 Å². The Hall–Kier alpha value is -1.24. The van der Waals surface area contributed by atoms with Crippen molar-refractivity contribution in [3.63, 3.8) is 0 Å². The predicted octanol–water partition coefficient (Wildman–Crippen LogP) is 4.34. The topological polar surface area (TPSA) is 58.2 Å². The fraction of sp³-hybridized carbons (Fsp3) is 0.143. The van der Waals surface area contributed by atoms with Gasteiger partial charge in [-0.25, -0.2) is 8.42 Å². The summed E-state index contributed by atoms with van der Waals surface area (Å²) in [4.78, 5) is 0.200. The zero-order chi connectivity index (χ0) is 15.5. The van der Waals surface area contributed by atoms with Crippen molar-refractivity contribution in [2.45, 2.75) is 11.8 Å². The highest BCUT2D eigenvalue weighted by molar-refractivity contribution is 9.10. The van der Waals surface area contributed by atoms with Gasteiger partial charge < -0.3 is 5.32 Å². The van der Waals surface area contributed by atoms with Crippen LogP contribution in [-0.2, 0) is 10.0 Å². The maximum atomic E-state index is 12.3. The Morgan fingerprint density at radius 3 is 2.38 bits per heavy atom. The SMILES string of the molecule is CCNc1ccc(S(=O)(=O)Nc2ccc(Cl)cc2Br)cc1. The van der Waals surface area contributed by atoms with Gasteiger partial charge in [-0.3, -0.25) is 4.72 Å². The normalized spacial score (nSPS) is 11.2. The summed E-state index contributed by atoms with van der Waals surface area (Å²) in [6.45, 7) is 2.76. The van der Waals surface area contributed by atoms with E-state index in [1.807, 2.05) is 6.92 Å². The summed E-state index contributed by atoms with van der Waals surface area (Å²) in [5.41, 5.74) is 1.32. The van der Waals surface area contributed by atoms with Crippen LogP contribution in [0.3, 0.4) is 0 Å². The number of benzene rings is 2. The number of hydrogen-bond acceptors (Lipinski definition) is 3. The van der Waals surface area contributed by atoms with E-state index in [2.05, 4.69) is 26.0 Å². The van der Waals surface area contributed by atoms with Gasteiger partial charge >= 0.3 is 0 Å². The third-order valence-electron chi connectivity index (χ3n) is 2.72. The van der Waals surface area contributed by atoms with E-state index >= 15 is 0 Å². The van der Waals surface area contributed by atoms with Gasteiger partial charge in [0.25, 0.3) is 10.0 Å². The Morgan fingerprint density at radius 2 is 1.81 bits per heavy atom. The van der Waals surface area contributed by atoms with Gasteiger partial charge in [-0.2, -0.15) is 0 Å². The maximum absolute atomic E-state index is 12.3. The molecule has 0 fully saturated rings. The van der Waals surface area contributed by atoms with E-state index in [-0.39, 0.29) is 4.90 Å². The van der Waals surface area contributed by atoms with E-state index in [0.29, 0.717) is 15.2 Å². The molecule has 0 spiro atoms. The lowest BCUT2D eigenvalue weighted by atomic mass is 10.3. The summed E-state index contributed by atoms with van der Waals surface area (Å²) < 4.78 is 27.8. The average molecular weight is 390 g/mol. The van der Waals surface area contributed by atoms with E-state index in [9.17, 15) is 8.42 Å². The molecule has 0 heterocycles. The fourth-order valence-corrected chi connectivity index (χ4v) is 3.72. The summed E-state index contributed by atoms with van der Waals surface area (Å²) in [7, 11) is -3.63. The van der Waals surface area contributed by atoms with Crippen molar-refractivity contribution in [1.29, 1.82) is 0 Å². The molecule has 0 aliphatic heterocycles. The first-order valence-electron chi connectivity index (χ1n) is 6.24. The molecular weight excluding hydrogens is 376 g/mol. The van der Waals surface area contributed by atoms with Gasteiger partial charge in [-0.05, 0) is 65.3 Å². The van der Waals surface area contributed by atoms with E-state index < -0.39 is 10.0 Å². The van der Waals surface area contributed by atoms with Gasteiger partial charge in [0.05, 0.1) is 10.6 Å². The molecule has 2 aromatic carbocycles. The van der Waals surface area contributed by atoms with Crippen molar-refractivity contribution < 1.29 is 8.42 Å². The van der Waals surface area contributed by atoms with Gasteiger partial charge in [0.2, 0.25) is 0 Å². The molecule has 0 aromatic heterocycles. The second kappa shape index (κ2) is 6.68. The highest BCUT2D eigenvalue weighted by Crippen LogP contribution is 2.28. The summed E-state index contributed by atoms with van der Waals surface area (Å²) in [5.74, 6) is 0. The summed E-state index contributed by atoms with van der Waals surface area (Å²) in [6, 6.07) is 11.4. The van der Waals surface area contributed by atoms with Crippen molar-refractivity contribution >= 4 is 48.9 Å². The number of nitrogens with one attached hydrogen (secondary N) is 2. The molecule has 0 radical (unpaired) electrons. The second-order valence-corrected chi connectivity index (χ2v) is 7.26. The smallest absolute Gasteiger partial charge is 0.261 e. The Bertz CT molecular complexity index is 733. The number of hydrogen-bond donors (Lipinski definition) is 2. The van der Waals surface area contributed by atoms with Crippen LogP contribution in [0.25, 0.3) is 0 Å². The first-order chi connectivity index (χ1) is 9.92. The van der Waals surface area contributed by atoms with Gasteiger partial charge in [-0.1, -0.05) is 11.6 Å². The Kier molecular flexibility index (Phi) is 5.13. The summed E-state index contributed by atoms with van der Waals surface area (Å²) in [5, 5.41) is 3.64. The lowest BCUT2D eigenvalue weighted by molar-refractivity contribution is 0.601. The molecule has 4 nitrogen and oxygen atoms in total. The first-order valence-corrected chi connectivity index (χ1v) is 8.89. The van der Waals surface area contributed by atoms with Crippen LogP contribution in [0.2, 0.25) is 5.02 Å². The summed E-state index contributed by atoms with van der Waals surface area (Å²) >= 11 is 9.12. The molecule has 0 saturated carbocycles. The number of sulfonamides is 1. The molecule has 0 amide bonds. The van der Waals surface area contributed by atoms with Crippen LogP contribution in [0.4, 0.5) is 11.4 Å². The Labute approximate surface area is 137 Å². The zero-order valence-electron chi connectivity index (χ0n) is 11.2. The third kappa shape index (κ3) is 4.12. The van der Waals surface area contributed by atoms with Gasteiger partial charge in [0.1, 0.15) is 0 Å². The van der Waals surface area contributed by atoms with E-state index in [1.165, 1.54) is 0 Å². The largest absolute Gasteiger partial charge is 0.385 e. The second-order valence-electron chi connectivity index (χ2n) is 4.28. The molecule has 2 rings (SSSR count). The molecule has 112 valence electrons. The molecule has 0 aliphatic rings. The van der Waals surface area contributed by atoms with E-state index in [4.69, 9.17) is 11.6 Å². The van der Waals surface area contributed by atoms with Crippen molar-refractivity contribution in [1.82, 2.24) is 0 Å². The van der Waals surface area contributed by atoms with Crippen molar-refractivity contribution in [2.75, 3.05) is 16.6 Å². The van der Waals surface area contributed by atoms with Gasteiger partial charge in [0.15, 0.2) is 0 Å². The average Bonchev–Trinajstić information content (AvgIpc) is 2.43. The van der Waals surface area contributed by atoms with Crippen LogP contribution in [0, 0.1) is 0 Å². The van der Waals surface area contributed by atoms with Gasteiger partial charge in [-0.15, -0.1) is 0 Å². The molecule has 7 heteroatoms. The van der Waals surface area contributed by atoms with Crippen LogP contribution in [0.5, 0.6) is 0 Å². The summed E-state index contributed by atoms with van der Waals surface area (Å²) in [6.07, 6.45) is 0. The minimum atomic E-state index is -3.63. The molecule has 0 atom stereocenters. The monoisotopic (exact) mass is 388 g/mol. The number of rotatable bonds is 5. The van der Waals surface area contributed by atoms with E-state index in [0.717, 1.165) is 12.2 Å². The zero-order valence-corrected chi connectivity index (χ0v) is 14.4. The van der Waals surface area contributed by atoms with Crippen LogP contribution in [0.1, 0.15) is 6.92 Å². The lowest BCUT2D eigenvalue weighted by Gasteiger charge is -2.11. The third-order valence-corrected chi connectivity index (χ3v) is 4.99. The Morgan fingerprint density at radius 1 is 1.14 bits per heavy atom. The molecule has 0 saturated heterocycles. The van der Waals surface area contributed by atoms with Crippen LogP contribution < -0.4 is 10.0 Å². The molecule has 0 bridgehead atoms. The quantitative estimate of drug-likeness (QED) is 0.800. The number of anilines is 2. The van der Waals surface area contributed by atoms with Crippen LogP contribution in [0.15, 0.2) is 51.8 Å². The first kappa shape index (κ1) is 16.1. The minimum Gasteiger partial charge on any atom is -0.385 e. The van der Waals surface area contributed by atoms with Crippen LogP contribution in [-0.4, -0.2) is 15.0 Å². The van der Waals surface area contributed by atoms with Gasteiger partial charge in [0, 0.05) is 21.7 Å². The fourth-order valence-electron chi connectivity index (χ4n) is 1.73. The lowest BCUT2D eigenvalue weighted by Crippen LogP contribution is -2.13. The molecular formula is C14H14BrClN2O2S. The number of halogens is 2. The molecule has 0 aliphatic carbocycles.